The molecule has 5 unspecified atom stereocenters. The minimum Gasteiger partial charge on any atom is -0.158 e. The smallest absolute Gasteiger partial charge is 0.0188 e. The Morgan fingerprint density at radius 2 is 1.87 bits per heavy atom. The van der Waals surface area contributed by atoms with Gasteiger partial charge in [0.15, 0.2) is 0 Å². The van der Waals surface area contributed by atoms with Gasteiger partial charge in [-0.05, 0) is 92.6 Å². The van der Waals surface area contributed by atoms with Gasteiger partial charge in [0.25, 0.3) is 0 Å². The molecule has 3 fully saturated rings. The van der Waals surface area contributed by atoms with Crippen molar-refractivity contribution < 1.29 is 0 Å². The number of fused-ring (bicyclic) bond motifs is 5. The Labute approximate surface area is 148 Å². The first-order valence-corrected chi connectivity index (χ1v) is 11.5. The van der Waals surface area contributed by atoms with Crippen molar-refractivity contribution in [2.24, 2.45) is 28.6 Å². The van der Waals surface area contributed by atoms with Crippen LogP contribution in [0, 0.1) is 28.6 Å². The molecule has 3 saturated carbocycles. The van der Waals surface area contributed by atoms with Gasteiger partial charge in [0.05, 0.1) is 0 Å². The second kappa shape index (κ2) is 5.55. The van der Waals surface area contributed by atoms with Gasteiger partial charge in [0.2, 0.25) is 0 Å². The van der Waals surface area contributed by atoms with E-state index in [1.807, 2.05) is 5.57 Å². The van der Waals surface area contributed by atoms with Gasteiger partial charge in [-0.2, -0.15) is 11.8 Å². The Hall–Kier alpha value is 0.0900. The van der Waals surface area contributed by atoms with E-state index in [-0.39, 0.29) is 0 Å². The molecule has 0 aromatic rings. The minimum absolute atomic E-state index is 0.529. The normalized spacial score (nSPS) is 49.3. The summed E-state index contributed by atoms with van der Waals surface area (Å²) < 4.78 is 0.651. The fraction of sp³-hybridized carbons (Fsp3) is 0.909. The van der Waals surface area contributed by atoms with Crippen LogP contribution in [0.1, 0.15) is 85.0 Å². The molecule has 4 aliphatic carbocycles. The van der Waals surface area contributed by atoms with Gasteiger partial charge in [0, 0.05) is 4.75 Å². The predicted molar refractivity (Wildman–Crippen MR) is 103 cm³/mol. The Bertz CT molecular complexity index is 506. The van der Waals surface area contributed by atoms with Gasteiger partial charge in [0.1, 0.15) is 0 Å². The molecule has 0 amide bonds. The summed E-state index contributed by atoms with van der Waals surface area (Å²) in [4.78, 5) is 0. The van der Waals surface area contributed by atoms with Crippen molar-refractivity contribution in [1.82, 2.24) is 0 Å². The molecule has 0 spiro atoms. The molecule has 0 aromatic heterocycles. The molecule has 4 aliphatic rings. The van der Waals surface area contributed by atoms with E-state index in [0.717, 1.165) is 17.8 Å². The molecule has 130 valence electrons. The van der Waals surface area contributed by atoms with E-state index in [2.05, 4.69) is 44.9 Å². The lowest BCUT2D eigenvalue weighted by atomic mass is 9.39. The van der Waals surface area contributed by atoms with Crippen LogP contribution < -0.4 is 0 Å². The summed E-state index contributed by atoms with van der Waals surface area (Å²) in [5.74, 6) is 2.81. The Balaban J connectivity index is 1.80. The molecule has 0 nitrogen and oxygen atoms in total. The number of thioether (sulfide) groups is 1. The van der Waals surface area contributed by atoms with Gasteiger partial charge >= 0.3 is 0 Å². The standard InChI is InChI=1S/C22H36S/c1-16(2)22-13-6-5-8-17(22)10-11-18-19-9-7-12-21(19,23-4)15-14-20(18,22)3/h8,16,18-19H,5-7,9-15H2,1-4H3. The van der Waals surface area contributed by atoms with Crippen molar-refractivity contribution in [2.75, 3.05) is 6.26 Å². The highest BCUT2D eigenvalue weighted by Gasteiger charge is 2.64. The summed E-state index contributed by atoms with van der Waals surface area (Å²) >= 11 is 2.24. The molecule has 5 atom stereocenters. The van der Waals surface area contributed by atoms with Crippen LogP contribution in [0.25, 0.3) is 0 Å². The first kappa shape index (κ1) is 16.6. The second-order valence-electron chi connectivity index (χ2n) is 9.58. The van der Waals surface area contributed by atoms with Gasteiger partial charge in [-0.1, -0.05) is 38.8 Å². The zero-order valence-electron chi connectivity index (χ0n) is 15.8. The van der Waals surface area contributed by atoms with Crippen molar-refractivity contribution in [3.63, 3.8) is 0 Å². The molecule has 0 aromatic carbocycles. The Kier molecular flexibility index (Phi) is 3.99. The van der Waals surface area contributed by atoms with Crippen LogP contribution >= 0.6 is 11.8 Å². The summed E-state index contributed by atoms with van der Waals surface area (Å²) in [6, 6.07) is 0. The monoisotopic (exact) mass is 332 g/mol. The molecule has 23 heavy (non-hydrogen) atoms. The van der Waals surface area contributed by atoms with Gasteiger partial charge in [-0.3, -0.25) is 0 Å². The zero-order valence-corrected chi connectivity index (χ0v) is 16.6. The fourth-order valence-electron chi connectivity index (χ4n) is 8.08. The van der Waals surface area contributed by atoms with Crippen molar-refractivity contribution in [3.8, 4) is 0 Å². The molecule has 0 heterocycles. The lowest BCUT2D eigenvalue weighted by Gasteiger charge is -2.66. The average molecular weight is 333 g/mol. The van der Waals surface area contributed by atoms with Crippen molar-refractivity contribution in [2.45, 2.75) is 89.7 Å². The molecular weight excluding hydrogens is 296 g/mol. The SMILES string of the molecule is CSC12CCCC1C1CCC3=CCCCC3(C(C)C)C1(C)CC2. The number of rotatable bonds is 2. The van der Waals surface area contributed by atoms with Gasteiger partial charge in [-0.25, -0.2) is 0 Å². The minimum atomic E-state index is 0.529. The third kappa shape index (κ3) is 1.98. The molecule has 0 N–H and O–H groups in total. The highest BCUT2D eigenvalue weighted by Crippen LogP contribution is 2.72. The first-order chi connectivity index (χ1) is 11.0. The highest BCUT2D eigenvalue weighted by atomic mass is 32.2. The van der Waals surface area contributed by atoms with E-state index in [9.17, 15) is 0 Å². The molecular formula is C22H36S. The van der Waals surface area contributed by atoms with Crippen LogP contribution in [0.15, 0.2) is 11.6 Å². The van der Waals surface area contributed by atoms with Crippen LogP contribution in [-0.2, 0) is 0 Å². The lowest BCUT2D eigenvalue weighted by Crippen LogP contribution is -2.60. The third-order valence-corrected chi connectivity index (χ3v) is 10.6. The average Bonchev–Trinajstić information content (AvgIpc) is 2.99. The molecule has 1 heteroatoms. The second-order valence-corrected chi connectivity index (χ2v) is 10.8. The van der Waals surface area contributed by atoms with Crippen LogP contribution in [0.5, 0.6) is 0 Å². The van der Waals surface area contributed by atoms with Crippen LogP contribution in [0.3, 0.4) is 0 Å². The maximum absolute atomic E-state index is 2.73. The zero-order chi connectivity index (χ0) is 16.3. The summed E-state index contributed by atoms with van der Waals surface area (Å²) in [5.41, 5.74) is 2.98. The largest absolute Gasteiger partial charge is 0.158 e. The number of hydrogen-bond acceptors (Lipinski definition) is 1. The van der Waals surface area contributed by atoms with Crippen molar-refractivity contribution >= 4 is 11.8 Å². The molecule has 4 rings (SSSR count). The van der Waals surface area contributed by atoms with Crippen molar-refractivity contribution in [1.29, 1.82) is 0 Å². The molecule has 0 bridgehead atoms. The van der Waals surface area contributed by atoms with E-state index in [1.54, 1.807) is 0 Å². The Morgan fingerprint density at radius 3 is 2.61 bits per heavy atom. The maximum atomic E-state index is 2.73. The fourth-order valence-corrected chi connectivity index (χ4v) is 9.32. The van der Waals surface area contributed by atoms with E-state index in [4.69, 9.17) is 0 Å². The van der Waals surface area contributed by atoms with Gasteiger partial charge in [-0.15, -0.1) is 0 Å². The highest BCUT2D eigenvalue weighted by molar-refractivity contribution is 8.00. The predicted octanol–water partition coefficient (Wildman–Crippen LogP) is 6.85. The van der Waals surface area contributed by atoms with E-state index in [1.165, 1.54) is 64.2 Å². The summed E-state index contributed by atoms with van der Waals surface area (Å²) in [6.07, 6.45) is 19.8. The molecule has 0 aliphatic heterocycles. The molecule has 0 saturated heterocycles. The number of hydrogen-bond donors (Lipinski definition) is 0. The topological polar surface area (TPSA) is 0 Å². The first-order valence-electron chi connectivity index (χ1n) is 10.2. The maximum Gasteiger partial charge on any atom is 0.0188 e. The lowest BCUT2D eigenvalue weighted by molar-refractivity contribution is -0.108. The van der Waals surface area contributed by atoms with Crippen LogP contribution in [-0.4, -0.2) is 11.0 Å². The molecule has 0 radical (unpaired) electrons. The quantitative estimate of drug-likeness (QED) is 0.498. The van der Waals surface area contributed by atoms with Crippen LogP contribution in [0.4, 0.5) is 0 Å². The summed E-state index contributed by atoms with van der Waals surface area (Å²) in [5, 5.41) is 0. The summed E-state index contributed by atoms with van der Waals surface area (Å²) in [6.45, 7) is 7.81. The van der Waals surface area contributed by atoms with Gasteiger partial charge < -0.3 is 0 Å². The Morgan fingerprint density at radius 1 is 1.04 bits per heavy atom. The van der Waals surface area contributed by atoms with Crippen LogP contribution in [0.2, 0.25) is 0 Å². The van der Waals surface area contributed by atoms with E-state index < -0.39 is 0 Å². The number of allylic oxidation sites excluding steroid dienone is 2. The van der Waals surface area contributed by atoms with E-state index >= 15 is 0 Å². The third-order valence-electron chi connectivity index (χ3n) is 9.04. The summed E-state index contributed by atoms with van der Waals surface area (Å²) in [7, 11) is 0. The van der Waals surface area contributed by atoms with E-state index in [0.29, 0.717) is 15.6 Å². The van der Waals surface area contributed by atoms with Crippen molar-refractivity contribution in [3.05, 3.63) is 11.6 Å².